The Morgan fingerprint density at radius 3 is 2.19 bits per heavy atom. The molecule has 0 radical (unpaired) electrons. The van der Waals surface area contributed by atoms with Crippen LogP contribution in [0.4, 0.5) is 0 Å². The fourth-order valence-electron chi connectivity index (χ4n) is 4.51. The van der Waals surface area contributed by atoms with Gasteiger partial charge < -0.3 is 4.43 Å². The Morgan fingerprint density at radius 1 is 1.10 bits per heavy atom. The number of rotatable bonds is 9. The Bertz CT molecular complexity index is 278. The molecule has 2 fully saturated rings. The van der Waals surface area contributed by atoms with Crippen molar-refractivity contribution < 1.29 is 9.22 Å². The normalized spacial score (nSPS) is 21.0. The van der Waals surface area contributed by atoms with Gasteiger partial charge in [0.05, 0.1) is 0 Å². The summed E-state index contributed by atoms with van der Waals surface area (Å²) in [5, 5.41) is 0. The van der Waals surface area contributed by atoms with Gasteiger partial charge in [0.15, 0.2) is 0 Å². The van der Waals surface area contributed by atoms with Crippen LogP contribution in [0.2, 0.25) is 6.04 Å². The first-order valence-electron chi connectivity index (χ1n) is 9.47. The summed E-state index contributed by atoms with van der Waals surface area (Å²) in [6, 6.07) is 1.14. The van der Waals surface area contributed by atoms with Crippen LogP contribution in [0.15, 0.2) is 0 Å². The van der Waals surface area contributed by atoms with Crippen LogP contribution in [0.5, 0.6) is 0 Å². The maximum atomic E-state index is 11.8. The predicted octanol–water partition coefficient (Wildman–Crippen LogP) is 4.61. The molecule has 0 bridgehead atoms. The molecule has 0 saturated heterocycles. The standard InChI is InChI=1S/C18H34O2Si/c1-2-14-21-20-18(19)13-7-12-17(15-8-3-4-9-15)16-10-5-6-11-16/h15-17H,2-14,21H2,1H3. The molecule has 2 aliphatic rings. The van der Waals surface area contributed by atoms with Gasteiger partial charge in [0.25, 0.3) is 5.97 Å². The van der Waals surface area contributed by atoms with E-state index in [1.54, 1.807) is 0 Å². The molecule has 2 aliphatic carbocycles. The summed E-state index contributed by atoms with van der Waals surface area (Å²) in [5.41, 5.74) is 0. The maximum absolute atomic E-state index is 11.8. The van der Waals surface area contributed by atoms with E-state index in [4.69, 9.17) is 4.43 Å². The van der Waals surface area contributed by atoms with Crippen molar-refractivity contribution in [3.05, 3.63) is 0 Å². The van der Waals surface area contributed by atoms with Crippen LogP contribution >= 0.6 is 0 Å². The van der Waals surface area contributed by atoms with Crippen LogP contribution in [-0.4, -0.2) is 15.7 Å². The molecule has 2 nitrogen and oxygen atoms in total. The highest BCUT2D eigenvalue weighted by Crippen LogP contribution is 2.43. The van der Waals surface area contributed by atoms with Crippen LogP contribution in [0, 0.1) is 17.8 Å². The molecule has 122 valence electrons. The van der Waals surface area contributed by atoms with Crippen molar-refractivity contribution in [2.75, 3.05) is 0 Å². The first-order valence-corrected chi connectivity index (χ1v) is 11.0. The van der Waals surface area contributed by atoms with Gasteiger partial charge in [-0.2, -0.15) is 0 Å². The minimum Gasteiger partial charge on any atom is -0.525 e. The van der Waals surface area contributed by atoms with E-state index >= 15 is 0 Å². The second-order valence-electron chi connectivity index (χ2n) is 7.22. The molecule has 0 amide bonds. The summed E-state index contributed by atoms with van der Waals surface area (Å²) in [7, 11) is -0.562. The van der Waals surface area contributed by atoms with Gasteiger partial charge in [-0.3, -0.25) is 4.79 Å². The molecule has 21 heavy (non-hydrogen) atoms. The van der Waals surface area contributed by atoms with Crippen LogP contribution in [-0.2, 0) is 9.22 Å². The van der Waals surface area contributed by atoms with Crippen molar-refractivity contribution in [2.45, 2.75) is 90.0 Å². The first-order chi connectivity index (χ1) is 10.3. The van der Waals surface area contributed by atoms with E-state index in [9.17, 15) is 4.79 Å². The lowest BCUT2D eigenvalue weighted by Gasteiger charge is -2.29. The molecule has 3 heteroatoms. The average Bonchev–Trinajstić information content (AvgIpc) is 3.17. The molecule has 0 aromatic rings. The third kappa shape index (κ3) is 5.76. The SMILES string of the molecule is CCC[SiH2]OC(=O)CCCC(C1CCCC1)C1CCCC1. The zero-order valence-corrected chi connectivity index (χ0v) is 15.4. The number of carbonyl (C=O) groups is 1. The number of hydrogen-bond acceptors (Lipinski definition) is 2. The van der Waals surface area contributed by atoms with Gasteiger partial charge in [-0.15, -0.1) is 0 Å². The average molecular weight is 311 g/mol. The van der Waals surface area contributed by atoms with E-state index < -0.39 is 9.76 Å². The summed E-state index contributed by atoms with van der Waals surface area (Å²) < 4.78 is 5.42. The second kappa shape index (κ2) is 9.65. The quantitative estimate of drug-likeness (QED) is 0.459. The van der Waals surface area contributed by atoms with Gasteiger partial charge in [-0.1, -0.05) is 64.7 Å². The van der Waals surface area contributed by atoms with E-state index in [1.165, 1.54) is 57.8 Å². The lowest BCUT2D eigenvalue weighted by Crippen LogP contribution is -2.20. The van der Waals surface area contributed by atoms with Crippen molar-refractivity contribution in [3.8, 4) is 0 Å². The van der Waals surface area contributed by atoms with E-state index in [1.807, 2.05) is 0 Å². The topological polar surface area (TPSA) is 26.3 Å². The summed E-state index contributed by atoms with van der Waals surface area (Å²) in [5.74, 6) is 2.94. The Morgan fingerprint density at radius 2 is 1.67 bits per heavy atom. The molecule has 0 heterocycles. The minimum atomic E-state index is -0.562. The highest BCUT2D eigenvalue weighted by Gasteiger charge is 2.32. The third-order valence-electron chi connectivity index (χ3n) is 5.69. The molecule has 0 N–H and O–H groups in total. The Kier molecular flexibility index (Phi) is 7.84. The molecule has 0 atom stereocenters. The maximum Gasteiger partial charge on any atom is 0.292 e. The molecule has 0 aliphatic heterocycles. The van der Waals surface area contributed by atoms with Gasteiger partial charge in [0.1, 0.15) is 0 Å². The third-order valence-corrected chi connectivity index (χ3v) is 7.21. The van der Waals surface area contributed by atoms with Gasteiger partial charge in [-0.25, -0.2) is 0 Å². The second-order valence-corrected chi connectivity index (χ2v) is 8.62. The highest BCUT2D eigenvalue weighted by atomic mass is 28.2. The molecule has 0 aromatic heterocycles. The van der Waals surface area contributed by atoms with E-state index in [-0.39, 0.29) is 5.97 Å². The van der Waals surface area contributed by atoms with Gasteiger partial charge in [0, 0.05) is 6.42 Å². The zero-order chi connectivity index (χ0) is 14.9. The van der Waals surface area contributed by atoms with Crippen LogP contribution < -0.4 is 0 Å². The molecular weight excluding hydrogens is 276 g/mol. The minimum absolute atomic E-state index is 0.0895. The summed E-state index contributed by atoms with van der Waals surface area (Å²) in [6.07, 6.45) is 15.8. The largest absolute Gasteiger partial charge is 0.525 e. The van der Waals surface area contributed by atoms with E-state index in [0.29, 0.717) is 6.42 Å². The fourth-order valence-corrected chi connectivity index (χ4v) is 5.32. The van der Waals surface area contributed by atoms with Gasteiger partial charge in [0.2, 0.25) is 9.76 Å². The van der Waals surface area contributed by atoms with Crippen molar-refractivity contribution >= 4 is 15.7 Å². The van der Waals surface area contributed by atoms with E-state index in [0.717, 1.165) is 36.6 Å². The summed E-state index contributed by atoms with van der Waals surface area (Å²) in [4.78, 5) is 11.8. The molecule has 0 aromatic carbocycles. The smallest absolute Gasteiger partial charge is 0.292 e. The highest BCUT2D eigenvalue weighted by molar-refractivity contribution is 6.30. The first kappa shape index (κ1) is 17.0. The van der Waals surface area contributed by atoms with Crippen molar-refractivity contribution in [2.24, 2.45) is 17.8 Å². The molecule has 0 spiro atoms. The Labute approximate surface area is 133 Å². The molecule has 2 saturated carbocycles. The molecule has 2 rings (SSSR count). The summed E-state index contributed by atoms with van der Waals surface area (Å²) in [6.45, 7) is 2.16. The van der Waals surface area contributed by atoms with Crippen LogP contribution in [0.1, 0.15) is 84.0 Å². The van der Waals surface area contributed by atoms with Crippen molar-refractivity contribution in [1.29, 1.82) is 0 Å². The Hall–Kier alpha value is -0.313. The van der Waals surface area contributed by atoms with Crippen molar-refractivity contribution in [1.82, 2.24) is 0 Å². The lowest BCUT2D eigenvalue weighted by atomic mass is 9.76. The Balaban J connectivity index is 1.70. The summed E-state index contributed by atoms with van der Waals surface area (Å²) >= 11 is 0. The number of hydrogen-bond donors (Lipinski definition) is 0. The van der Waals surface area contributed by atoms with Crippen LogP contribution in [0.25, 0.3) is 0 Å². The van der Waals surface area contributed by atoms with Crippen LogP contribution in [0.3, 0.4) is 0 Å². The predicted molar refractivity (Wildman–Crippen MR) is 91.0 cm³/mol. The van der Waals surface area contributed by atoms with Gasteiger partial charge >= 0.3 is 0 Å². The number of carbonyl (C=O) groups excluding carboxylic acids is 1. The lowest BCUT2D eigenvalue weighted by molar-refractivity contribution is -0.134. The molecular formula is C18H34O2Si. The monoisotopic (exact) mass is 310 g/mol. The fraction of sp³-hybridized carbons (Fsp3) is 0.944. The molecule has 0 unspecified atom stereocenters. The van der Waals surface area contributed by atoms with E-state index in [2.05, 4.69) is 6.92 Å². The van der Waals surface area contributed by atoms with Gasteiger partial charge in [-0.05, 0) is 36.6 Å². The van der Waals surface area contributed by atoms with Crippen molar-refractivity contribution in [3.63, 3.8) is 0 Å². The zero-order valence-electron chi connectivity index (χ0n) is 13.9.